The summed E-state index contributed by atoms with van der Waals surface area (Å²) < 4.78 is 23.6. The molecular weight excluding hydrogens is 354 g/mol. The van der Waals surface area contributed by atoms with E-state index in [1.54, 1.807) is 23.9 Å². The number of fused-ring (bicyclic) bond motifs is 2. The van der Waals surface area contributed by atoms with Gasteiger partial charge in [0.1, 0.15) is 11.1 Å². The predicted molar refractivity (Wildman–Crippen MR) is 96.5 cm³/mol. The van der Waals surface area contributed by atoms with Crippen molar-refractivity contribution < 1.29 is 23.1 Å². The molecule has 4 aromatic rings. The number of amides is 1. The molecule has 0 aliphatic rings. The summed E-state index contributed by atoms with van der Waals surface area (Å²) in [5.74, 6) is -0.00620. The zero-order chi connectivity index (χ0) is 19.1. The molecule has 138 valence electrons. The number of methoxy groups -OCH3 is 2. The number of carbonyl (C=O) groups excluding carboxylic acids is 1. The maximum atomic E-state index is 12.8. The first-order valence-electron chi connectivity index (χ1n) is 7.92. The normalized spacial score (nSPS) is 11.1. The monoisotopic (exact) mass is 369 g/mol. The minimum atomic E-state index is -0.621. The third kappa shape index (κ3) is 2.51. The number of rotatable bonds is 4. The summed E-state index contributed by atoms with van der Waals surface area (Å²) in [5, 5.41) is 3.31. The first kappa shape index (κ1) is 16.7. The zero-order valence-corrected chi connectivity index (χ0v) is 14.7. The van der Waals surface area contributed by atoms with Gasteiger partial charge in [0.2, 0.25) is 11.7 Å². The highest BCUT2D eigenvalue weighted by Crippen LogP contribution is 2.41. The summed E-state index contributed by atoms with van der Waals surface area (Å²) in [6, 6.07) is 2.77. The van der Waals surface area contributed by atoms with Crippen LogP contribution >= 0.6 is 0 Å². The lowest BCUT2D eigenvalue weighted by atomic mass is 10.1. The number of nitrogens with zero attached hydrogens (tertiary/aromatic N) is 2. The average molecular weight is 369 g/mol. The van der Waals surface area contributed by atoms with Gasteiger partial charge in [0, 0.05) is 25.5 Å². The van der Waals surface area contributed by atoms with E-state index in [0.717, 1.165) is 6.07 Å². The van der Waals surface area contributed by atoms with Gasteiger partial charge in [-0.25, -0.2) is 4.98 Å². The molecule has 0 saturated carbocycles. The lowest BCUT2D eigenvalue weighted by Crippen LogP contribution is -2.17. The van der Waals surface area contributed by atoms with Gasteiger partial charge in [-0.1, -0.05) is 0 Å². The van der Waals surface area contributed by atoms with Crippen LogP contribution in [0, 0.1) is 0 Å². The van der Waals surface area contributed by atoms with E-state index in [4.69, 9.17) is 18.3 Å². The molecule has 0 atom stereocenters. The lowest BCUT2D eigenvalue weighted by Gasteiger charge is -2.11. The molecule has 3 heterocycles. The van der Waals surface area contributed by atoms with Crippen molar-refractivity contribution in [3.05, 3.63) is 46.8 Å². The number of aromatic nitrogens is 2. The van der Waals surface area contributed by atoms with Gasteiger partial charge in [0.25, 0.3) is 5.91 Å². The molecule has 27 heavy (non-hydrogen) atoms. The van der Waals surface area contributed by atoms with Crippen LogP contribution in [-0.2, 0) is 7.05 Å². The number of benzene rings is 1. The highest BCUT2D eigenvalue weighted by Gasteiger charge is 2.24. The second-order valence-corrected chi connectivity index (χ2v) is 5.72. The minimum absolute atomic E-state index is 0.0642. The first-order valence-corrected chi connectivity index (χ1v) is 7.92. The SMILES string of the molecule is COc1c2occc2c(OC)c2c(=O)cc(C(=O)Nc3nccn3C)oc12. The number of anilines is 1. The molecular formula is C18H15N3O6. The van der Waals surface area contributed by atoms with Gasteiger partial charge in [-0.2, -0.15) is 0 Å². The van der Waals surface area contributed by atoms with Gasteiger partial charge in [0.15, 0.2) is 22.4 Å². The Morgan fingerprint density at radius 3 is 2.67 bits per heavy atom. The van der Waals surface area contributed by atoms with Gasteiger partial charge >= 0.3 is 0 Å². The number of ether oxygens (including phenoxy) is 2. The van der Waals surface area contributed by atoms with Crippen LogP contribution in [0.2, 0.25) is 0 Å². The third-order valence-electron chi connectivity index (χ3n) is 4.18. The fourth-order valence-corrected chi connectivity index (χ4v) is 2.93. The van der Waals surface area contributed by atoms with E-state index in [9.17, 15) is 9.59 Å². The fourth-order valence-electron chi connectivity index (χ4n) is 2.93. The Morgan fingerprint density at radius 2 is 2.00 bits per heavy atom. The van der Waals surface area contributed by atoms with Gasteiger partial charge in [0.05, 0.1) is 25.9 Å². The Morgan fingerprint density at radius 1 is 1.22 bits per heavy atom. The molecule has 0 bridgehead atoms. The van der Waals surface area contributed by atoms with Crippen molar-refractivity contribution in [3.8, 4) is 11.5 Å². The van der Waals surface area contributed by atoms with E-state index in [-0.39, 0.29) is 22.5 Å². The lowest BCUT2D eigenvalue weighted by molar-refractivity contribution is 0.0995. The van der Waals surface area contributed by atoms with Crippen LogP contribution in [0.1, 0.15) is 10.6 Å². The number of hydrogen-bond acceptors (Lipinski definition) is 7. The summed E-state index contributed by atoms with van der Waals surface area (Å²) in [5.41, 5.74) is -0.0274. The van der Waals surface area contributed by atoms with Crippen LogP contribution in [-0.4, -0.2) is 29.7 Å². The van der Waals surface area contributed by atoms with Gasteiger partial charge in [-0.3, -0.25) is 14.9 Å². The van der Waals surface area contributed by atoms with Gasteiger partial charge in [-0.15, -0.1) is 0 Å². The Kier molecular flexibility index (Phi) is 3.84. The van der Waals surface area contributed by atoms with Crippen LogP contribution in [0.3, 0.4) is 0 Å². The highest BCUT2D eigenvalue weighted by molar-refractivity contribution is 6.08. The van der Waals surface area contributed by atoms with Crippen molar-refractivity contribution in [1.29, 1.82) is 0 Å². The van der Waals surface area contributed by atoms with Crippen LogP contribution in [0.5, 0.6) is 11.5 Å². The molecule has 0 fully saturated rings. The summed E-state index contributed by atoms with van der Waals surface area (Å²) >= 11 is 0. The summed E-state index contributed by atoms with van der Waals surface area (Å²) in [7, 11) is 4.58. The molecule has 0 aliphatic carbocycles. The molecule has 9 nitrogen and oxygen atoms in total. The molecule has 0 radical (unpaired) electrons. The summed E-state index contributed by atoms with van der Waals surface area (Å²) in [6.07, 6.45) is 4.66. The Balaban J connectivity index is 1.95. The first-order chi connectivity index (χ1) is 13.0. The minimum Gasteiger partial charge on any atom is -0.495 e. The van der Waals surface area contributed by atoms with E-state index < -0.39 is 11.3 Å². The smallest absolute Gasteiger partial charge is 0.293 e. The molecule has 0 unspecified atom stereocenters. The Hall–Kier alpha value is -3.75. The number of furan rings is 1. The average Bonchev–Trinajstić information content (AvgIpc) is 3.29. The molecule has 0 saturated heterocycles. The van der Waals surface area contributed by atoms with Crippen molar-refractivity contribution in [2.24, 2.45) is 7.05 Å². The predicted octanol–water partition coefficient (Wildman–Crippen LogP) is 2.54. The number of imidazole rings is 1. The van der Waals surface area contributed by atoms with Gasteiger partial charge in [-0.05, 0) is 6.07 Å². The largest absolute Gasteiger partial charge is 0.495 e. The van der Waals surface area contributed by atoms with Crippen molar-refractivity contribution in [2.45, 2.75) is 0 Å². The van der Waals surface area contributed by atoms with Crippen molar-refractivity contribution in [3.63, 3.8) is 0 Å². The van der Waals surface area contributed by atoms with E-state index in [0.29, 0.717) is 22.7 Å². The van der Waals surface area contributed by atoms with Crippen molar-refractivity contribution in [2.75, 3.05) is 19.5 Å². The van der Waals surface area contributed by atoms with E-state index >= 15 is 0 Å². The molecule has 1 amide bonds. The third-order valence-corrected chi connectivity index (χ3v) is 4.18. The van der Waals surface area contributed by atoms with Crippen LogP contribution in [0.4, 0.5) is 5.95 Å². The van der Waals surface area contributed by atoms with E-state index in [1.165, 1.54) is 26.7 Å². The molecule has 1 aromatic carbocycles. The number of carbonyl (C=O) groups is 1. The molecule has 1 N–H and O–H groups in total. The second-order valence-electron chi connectivity index (χ2n) is 5.72. The zero-order valence-electron chi connectivity index (χ0n) is 14.7. The molecule has 9 heteroatoms. The second kappa shape index (κ2) is 6.20. The van der Waals surface area contributed by atoms with Crippen LogP contribution < -0.4 is 20.2 Å². The molecule has 0 aliphatic heterocycles. The number of aryl methyl sites for hydroxylation is 1. The quantitative estimate of drug-likeness (QED) is 0.589. The molecule has 3 aromatic heterocycles. The Bertz CT molecular complexity index is 1230. The van der Waals surface area contributed by atoms with Crippen LogP contribution in [0.15, 0.2) is 44.4 Å². The van der Waals surface area contributed by atoms with Crippen molar-refractivity contribution in [1.82, 2.24) is 9.55 Å². The topological polar surface area (TPSA) is 109 Å². The standard InChI is InChI=1S/C18H15N3O6/c1-21-6-5-19-18(21)20-17(23)11-8-10(22)12-13(24-2)9-4-7-26-14(9)16(25-3)15(12)27-11/h4-8H,1-3H3,(H,19,20,23). The maximum Gasteiger partial charge on any atom is 0.293 e. The van der Waals surface area contributed by atoms with E-state index in [2.05, 4.69) is 10.3 Å². The number of nitrogens with one attached hydrogen (secondary N) is 1. The molecule has 4 rings (SSSR count). The highest BCUT2D eigenvalue weighted by atomic mass is 16.5. The summed E-state index contributed by atoms with van der Waals surface area (Å²) in [6.45, 7) is 0. The molecule has 0 spiro atoms. The van der Waals surface area contributed by atoms with E-state index in [1.807, 2.05) is 0 Å². The number of hydrogen-bond donors (Lipinski definition) is 1. The van der Waals surface area contributed by atoms with Gasteiger partial charge < -0.3 is 22.9 Å². The summed E-state index contributed by atoms with van der Waals surface area (Å²) in [4.78, 5) is 29.3. The fraction of sp³-hybridized carbons (Fsp3) is 0.167. The Labute approximate surface area is 152 Å². The maximum absolute atomic E-state index is 12.8. The van der Waals surface area contributed by atoms with Crippen LogP contribution in [0.25, 0.3) is 21.9 Å². The van der Waals surface area contributed by atoms with Crippen molar-refractivity contribution >= 4 is 33.8 Å².